The van der Waals surface area contributed by atoms with Crippen LogP contribution in [-0.2, 0) is 6.61 Å². The number of benzene rings is 1. The van der Waals surface area contributed by atoms with Crippen LogP contribution in [0.3, 0.4) is 0 Å². The second kappa shape index (κ2) is 7.36. The van der Waals surface area contributed by atoms with Gasteiger partial charge >= 0.3 is 0 Å². The molecule has 1 aromatic carbocycles. The number of anilines is 1. The van der Waals surface area contributed by atoms with Gasteiger partial charge in [0, 0.05) is 32.3 Å². The molecule has 0 spiro atoms. The van der Waals surface area contributed by atoms with Crippen LogP contribution >= 0.6 is 0 Å². The summed E-state index contributed by atoms with van der Waals surface area (Å²) in [6.45, 7) is 4.31. The molecular formula is C21H25N5O3. The Morgan fingerprint density at radius 3 is 2.86 bits per heavy atom. The number of imidazole rings is 1. The molecule has 0 bridgehead atoms. The number of aliphatic hydroxyl groups is 1. The van der Waals surface area contributed by atoms with E-state index in [1.807, 2.05) is 19.1 Å². The second-order valence-corrected chi connectivity index (χ2v) is 7.49. The van der Waals surface area contributed by atoms with Crippen molar-refractivity contribution < 1.29 is 14.6 Å². The van der Waals surface area contributed by atoms with Gasteiger partial charge in [-0.05, 0) is 25.5 Å². The Morgan fingerprint density at radius 1 is 1.34 bits per heavy atom. The molecule has 0 saturated heterocycles. The van der Waals surface area contributed by atoms with Gasteiger partial charge < -0.3 is 20.1 Å². The summed E-state index contributed by atoms with van der Waals surface area (Å²) >= 11 is 0. The summed E-state index contributed by atoms with van der Waals surface area (Å²) in [6, 6.07) is 5.99. The van der Waals surface area contributed by atoms with Crippen LogP contribution in [0.15, 0.2) is 24.4 Å². The Labute approximate surface area is 169 Å². The Morgan fingerprint density at radius 2 is 2.14 bits per heavy atom. The number of fused-ring (bicyclic) bond motifs is 2. The number of hydrogen-bond donors (Lipinski definition) is 2. The average molecular weight is 395 g/mol. The minimum Gasteiger partial charge on any atom is -0.493 e. The van der Waals surface area contributed by atoms with E-state index in [0.717, 1.165) is 23.3 Å². The molecule has 0 aliphatic carbocycles. The first-order valence-corrected chi connectivity index (χ1v) is 9.60. The topological polar surface area (TPSA) is 92.0 Å². The Kier molecular flexibility index (Phi) is 4.87. The van der Waals surface area contributed by atoms with E-state index in [0.29, 0.717) is 29.5 Å². The molecule has 2 aromatic heterocycles. The summed E-state index contributed by atoms with van der Waals surface area (Å²) in [5, 5.41) is 13.3. The van der Waals surface area contributed by atoms with Crippen molar-refractivity contribution in [3.63, 3.8) is 0 Å². The number of rotatable bonds is 4. The fourth-order valence-corrected chi connectivity index (χ4v) is 3.79. The van der Waals surface area contributed by atoms with Crippen LogP contribution in [-0.4, -0.2) is 51.0 Å². The van der Waals surface area contributed by atoms with Crippen molar-refractivity contribution in [1.82, 2.24) is 19.3 Å². The molecule has 0 fully saturated rings. The van der Waals surface area contributed by atoms with E-state index in [4.69, 9.17) is 4.74 Å². The molecular weight excluding hydrogens is 370 g/mol. The molecule has 152 valence electrons. The van der Waals surface area contributed by atoms with Gasteiger partial charge in [-0.1, -0.05) is 12.1 Å². The van der Waals surface area contributed by atoms with E-state index >= 15 is 0 Å². The van der Waals surface area contributed by atoms with Gasteiger partial charge in [0.25, 0.3) is 5.91 Å². The zero-order valence-electron chi connectivity index (χ0n) is 17.1. The van der Waals surface area contributed by atoms with E-state index in [1.54, 1.807) is 24.7 Å². The second-order valence-electron chi connectivity index (χ2n) is 7.49. The standard InChI is InChI=1S/C21H25N5O3/c1-12-6-5-7-17-18(12)14(8-9-29-17)23-19-20-22-13(2)16(11-27)26(20)10-15(24-19)21(28)25(3)4/h5-7,10,14,27H,8-9,11H2,1-4H3,(H,23,24). The van der Waals surface area contributed by atoms with Crippen LogP contribution < -0.4 is 10.1 Å². The van der Waals surface area contributed by atoms with Gasteiger partial charge in [-0.3, -0.25) is 9.20 Å². The predicted molar refractivity (Wildman–Crippen MR) is 109 cm³/mol. The van der Waals surface area contributed by atoms with Gasteiger partial charge in [0.1, 0.15) is 11.4 Å². The maximum atomic E-state index is 12.6. The lowest BCUT2D eigenvalue weighted by molar-refractivity contribution is 0.0821. The van der Waals surface area contributed by atoms with E-state index in [-0.39, 0.29) is 24.2 Å². The third-order valence-corrected chi connectivity index (χ3v) is 5.29. The largest absolute Gasteiger partial charge is 0.493 e. The number of carbonyl (C=O) groups excluding carboxylic acids is 1. The summed E-state index contributed by atoms with van der Waals surface area (Å²) < 4.78 is 7.57. The van der Waals surface area contributed by atoms with Gasteiger partial charge in [0.15, 0.2) is 11.5 Å². The third-order valence-electron chi connectivity index (χ3n) is 5.29. The highest BCUT2D eigenvalue weighted by molar-refractivity contribution is 5.92. The van der Waals surface area contributed by atoms with Crippen molar-refractivity contribution in [2.24, 2.45) is 0 Å². The molecule has 2 N–H and O–H groups in total. The quantitative estimate of drug-likeness (QED) is 0.705. The lowest BCUT2D eigenvalue weighted by Crippen LogP contribution is -2.25. The molecule has 3 aromatic rings. The monoisotopic (exact) mass is 395 g/mol. The van der Waals surface area contributed by atoms with Crippen LogP contribution in [0.2, 0.25) is 0 Å². The maximum absolute atomic E-state index is 12.6. The third kappa shape index (κ3) is 3.29. The number of amides is 1. The van der Waals surface area contributed by atoms with Gasteiger partial charge in [0.05, 0.1) is 30.6 Å². The molecule has 1 atom stereocenters. The smallest absolute Gasteiger partial charge is 0.273 e. The van der Waals surface area contributed by atoms with Crippen molar-refractivity contribution in [1.29, 1.82) is 0 Å². The van der Waals surface area contributed by atoms with E-state index < -0.39 is 0 Å². The molecule has 1 unspecified atom stereocenters. The predicted octanol–water partition coefficient (Wildman–Crippen LogP) is 2.48. The first-order valence-electron chi connectivity index (χ1n) is 9.60. The zero-order chi connectivity index (χ0) is 20.7. The summed E-state index contributed by atoms with van der Waals surface area (Å²) in [7, 11) is 3.37. The number of nitrogens with zero attached hydrogens (tertiary/aromatic N) is 4. The number of aryl methyl sites for hydroxylation is 2. The molecule has 3 heterocycles. The highest BCUT2D eigenvalue weighted by atomic mass is 16.5. The Balaban J connectivity index is 1.85. The van der Waals surface area contributed by atoms with Crippen LogP contribution in [0, 0.1) is 13.8 Å². The number of aromatic nitrogens is 3. The number of nitrogens with one attached hydrogen (secondary N) is 1. The summed E-state index contributed by atoms with van der Waals surface area (Å²) in [5.41, 5.74) is 4.44. The molecule has 8 nitrogen and oxygen atoms in total. The lowest BCUT2D eigenvalue weighted by Gasteiger charge is -2.28. The fourth-order valence-electron chi connectivity index (χ4n) is 3.79. The molecule has 8 heteroatoms. The van der Waals surface area contributed by atoms with Gasteiger partial charge in [-0.25, -0.2) is 9.97 Å². The summed E-state index contributed by atoms with van der Waals surface area (Å²) in [6.07, 6.45) is 2.40. The first-order chi connectivity index (χ1) is 13.9. The minimum atomic E-state index is -0.214. The Bertz CT molecular complexity index is 1090. The molecule has 0 saturated carbocycles. The van der Waals surface area contributed by atoms with E-state index in [1.165, 1.54) is 4.90 Å². The first kappa shape index (κ1) is 19.2. The van der Waals surface area contributed by atoms with Crippen LogP contribution in [0.25, 0.3) is 5.65 Å². The highest BCUT2D eigenvalue weighted by Gasteiger charge is 2.26. The van der Waals surface area contributed by atoms with Crippen molar-refractivity contribution >= 4 is 17.4 Å². The number of carbonyl (C=O) groups is 1. The molecule has 1 aliphatic heterocycles. The van der Waals surface area contributed by atoms with E-state index in [9.17, 15) is 9.90 Å². The highest BCUT2D eigenvalue weighted by Crippen LogP contribution is 2.37. The normalized spacial score (nSPS) is 15.7. The van der Waals surface area contributed by atoms with Crippen LogP contribution in [0.5, 0.6) is 5.75 Å². The molecule has 1 aliphatic rings. The van der Waals surface area contributed by atoms with Crippen molar-refractivity contribution in [3.05, 3.63) is 52.6 Å². The number of ether oxygens (including phenoxy) is 1. The van der Waals surface area contributed by atoms with Crippen molar-refractivity contribution in [2.75, 3.05) is 26.0 Å². The molecule has 0 radical (unpaired) electrons. The average Bonchev–Trinajstić information content (AvgIpc) is 3.02. The molecule has 4 rings (SSSR count). The lowest BCUT2D eigenvalue weighted by atomic mass is 9.96. The molecule has 1 amide bonds. The van der Waals surface area contributed by atoms with Crippen molar-refractivity contribution in [2.45, 2.75) is 32.9 Å². The van der Waals surface area contributed by atoms with Gasteiger partial charge in [-0.2, -0.15) is 0 Å². The van der Waals surface area contributed by atoms with Gasteiger partial charge in [0.2, 0.25) is 0 Å². The van der Waals surface area contributed by atoms with Crippen LogP contribution in [0.1, 0.15) is 45.5 Å². The Hall–Kier alpha value is -3.13. The number of aliphatic hydroxyl groups excluding tert-OH is 1. The molecule has 29 heavy (non-hydrogen) atoms. The van der Waals surface area contributed by atoms with Crippen molar-refractivity contribution in [3.8, 4) is 5.75 Å². The number of hydrogen-bond acceptors (Lipinski definition) is 6. The fraction of sp³-hybridized carbons (Fsp3) is 0.381. The zero-order valence-corrected chi connectivity index (χ0v) is 17.1. The minimum absolute atomic E-state index is 0.0180. The van der Waals surface area contributed by atoms with E-state index in [2.05, 4.69) is 28.3 Å². The maximum Gasteiger partial charge on any atom is 0.273 e. The van der Waals surface area contributed by atoms with Crippen LogP contribution in [0.4, 0.5) is 5.82 Å². The summed E-state index contributed by atoms with van der Waals surface area (Å²) in [5.74, 6) is 1.16. The SMILES string of the molecule is Cc1cccc2c1C(Nc1nc(C(=O)N(C)C)cn3c(CO)c(C)nc13)CCO2. The summed E-state index contributed by atoms with van der Waals surface area (Å²) in [4.78, 5) is 23.3. The van der Waals surface area contributed by atoms with Gasteiger partial charge in [-0.15, -0.1) is 0 Å².